The molecular formula is C25H33F8N3O7. The highest BCUT2D eigenvalue weighted by Crippen LogP contribution is 2.36. The van der Waals surface area contributed by atoms with Gasteiger partial charge in [0.15, 0.2) is 11.6 Å². The Balaban J connectivity index is 0.000000548. The minimum absolute atomic E-state index is 0.0263. The van der Waals surface area contributed by atoms with E-state index >= 15 is 0 Å². The standard InChI is InChI=1S/C21H31F2N3O3.2C2HF3O2/c1-25(2)19(27)12-24-18-6-4-5-7-21(18)14-26(8-9-29-21)13-15-10-16(22)11-17(23)20(15)28-3;2*3-2(4,5)1(6)7/h10-11,18,24H,4-9,12-14H2,1-3H3;2*(H,6,7). The lowest BCUT2D eigenvalue weighted by molar-refractivity contribution is -0.193. The van der Waals surface area contributed by atoms with E-state index in [1.807, 2.05) is 0 Å². The number of nitrogens with zero attached hydrogens (tertiary/aromatic N) is 2. The molecule has 10 nitrogen and oxygen atoms in total. The molecule has 0 aromatic heterocycles. The molecule has 246 valence electrons. The number of methoxy groups -OCH3 is 1. The Hall–Kier alpha value is -3.25. The van der Waals surface area contributed by atoms with Crippen molar-refractivity contribution >= 4 is 17.8 Å². The van der Waals surface area contributed by atoms with E-state index < -0.39 is 41.5 Å². The number of nitrogens with one attached hydrogen (secondary N) is 1. The van der Waals surface area contributed by atoms with E-state index in [2.05, 4.69) is 10.2 Å². The molecule has 1 amide bonds. The molecule has 1 aliphatic heterocycles. The van der Waals surface area contributed by atoms with Gasteiger partial charge in [-0.2, -0.15) is 26.3 Å². The van der Waals surface area contributed by atoms with Gasteiger partial charge >= 0.3 is 24.3 Å². The quantitative estimate of drug-likeness (QED) is 0.401. The van der Waals surface area contributed by atoms with Gasteiger partial charge in [0.1, 0.15) is 5.82 Å². The number of halogens is 8. The third-order valence-electron chi connectivity index (χ3n) is 6.43. The Morgan fingerprint density at radius 2 is 1.63 bits per heavy atom. The van der Waals surface area contributed by atoms with Crippen LogP contribution < -0.4 is 10.1 Å². The van der Waals surface area contributed by atoms with E-state index in [1.165, 1.54) is 13.2 Å². The number of benzene rings is 1. The van der Waals surface area contributed by atoms with Gasteiger partial charge in [-0.3, -0.25) is 9.69 Å². The Bertz CT molecular complexity index is 1070. The predicted molar refractivity (Wildman–Crippen MR) is 133 cm³/mol. The number of hydrogen-bond donors (Lipinski definition) is 3. The first kappa shape index (κ1) is 37.8. The molecule has 1 aromatic carbocycles. The third kappa shape index (κ3) is 12.1. The third-order valence-corrected chi connectivity index (χ3v) is 6.43. The zero-order valence-corrected chi connectivity index (χ0v) is 23.4. The van der Waals surface area contributed by atoms with Gasteiger partial charge < -0.3 is 29.9 Å². The van der Waals surface area contributed by atoms with Crippen molar-refractivity contribution in [2.45, 2.75) is 56.2 Å². The summed E-state index contributed by atoms with van der Waals surface area (Å²) in [5.74, 6) is -6.70. The number of rotatable bonds is 6. The van der Waals surface area contributed by atoms with E-state index in [0.29, 0.717) is 31.8 Å². The fourth-order valence-corrected chi connectivity index (χ4v) is 4.45. The number of ether oxygens (including phenoxy) is 2. The Kier molecular flexibility index (Phi) is 14.1. The Morgan fingerprint density at radius 3 is 2.12 bits per heavy atom. The van der Waals surface area contributed by atoms with Crippen molar-refractivity contribution in [3.63, 3.8) is 0 Å². The molecule has 0 bridgehead atoms. The monoisotopic (exact) mass is 639 g/mol. The summed E-state index contributed by atoms with van der Waals surface area (Å²) < 4.78 is 103. The van der Waals surface area contributed by atoms with Crippen molar-refractivity contribution in [1.29, 1.82) is 0 Å². The predicted octanol–water partition coefficient (Wildman–Crippen LogP) is 3.43. The van der Waals surface area contributed by atoms with E-state index in [0.717, 1.165) is 31.7 Å². The fourth-order valence-electron chi connectivity index (χ4n) is 4.45. The molecule has 1 saturated heterocycles. The molecule has 0 radical (unpaired) electrons. The van der Waals surface area contributed by atoms with Gasteiger partial charge in [0.2, 0.25) is 5.91 Å². The van der Waals surface area contributed by atoms with Gasteiger partial charge in [-0.25, -0.2) is 18.4 Å². The number of carbonyl (C=O) groups excluding carboxylic acids is 1. The summed E-state index contributed by atoms with van der Waals surface area (Å²) in [5.41, 5.74) is 0.0903. The zero-order chi connectivity index (χ0) is 33.2. The number of amides is 1. The number of likely N-dealkylation sites (N-methyl/N-ethyl adjacent to an activating group) is 1. The highest BCUT2D eigenvalue weighted by atomic mass is 19.4. The van der Waals surface area contributed by atoms with Crippen molar-refractivity contribution in [2.75, 3.05) is 47.4 Å². The summed E-state index contributed by atoms with van der Waals surface area (Å²) in [7, 11) is 4.87. The number of carboxylic acids is 2. The maximum absolute atomic E-state index is 14.1. The molecule has 1 aliphatic carbocycles. The molecule has 1 aromatic rings. The van der Waals surface area contributed by atoms with Gasteiger partial charge in [0.25, 0.3) is 0 Å². The normalized spacial score (nSPS) is 20.7. The van der Waals surface area contributed by atoms with Crippen molar-refractivity contribution in [3.8, 4) is 5.75 Å². The van der Waals surface area contributed by atoms with Gasteiger partial charge in [0, 0.05) is 51.4 Å². The SMILES string of the molecule is COc1c(F)cc(F)cc1CN1CCOC2(CCCCC2NCC(=O)N(C)C)C1.O=C(O)C(F)(F)F.O=C(O)C(F)(F)F. The van der Waals surface area contributed by atoms with E-state index in [9.17, 15) is 39.9 Å². The molecule has 1 saturated carbocycles. The molecule has 18 heteroatoms. The lowest BCUT2D eigenvalue weighted by atomic mass is 9.78. The van der Waals surface area contributed by atoms with E-state index in [4.69, 9.17) is 29.3 Å². The Morgan fingerprint density at radius 1 is 1.07 bits per heavy atom. The molecule has 3 rings (SSSR count). The van der Waals surface area contributed by atoms with Crippen molar-refractivity contribution in [3.05, 3.63) is 29.3 Å². The van der Waals surface area contributed by atoms with Crippen LogP contribution in [0.2, 0.25) is 0 Å². The summed E-state index contributed by atoms with van der Waals surface area (Å²) in [6, 6.07) is 2.23. The van der Waals surface area contributed by atoms with Crippen LogP contribution in [0.3, 0.4) is 0 Å². The second kappa shape index (κ2) is 16.0. The largest absolute Gasteiger partial charge is 0.493 e. The molecule has 2 atom stereocenters. The summed E-state index contributed by atoms with van der Waals surface area (Å²) >= 11 is 0. The van der Waals surface area contributed by atoms with Crippen molar-refractivity contribution in [2.24, 2.45) is 0 Å². The van der Waals surface area contributed by atoms with Gasteiger partial charge in [-0.05, 0) is 18.9 Å². The smallest absolute Gasteiger partial charge is 0.490 e. The highest BCUT2D eigenvalue weighted by molar-refractivity contribution is 5.77. The Labute approximate surface area is 241 Å². The first-order chi connectivity index (χ1) is 19.7. The molecule has 2 aliphatic rings. The number of hydrogen-bond acceptors (Lipinski definition) is 7. The molecule has 3 N–H and O–H groups in total. The molecule has 2 fully saturated rings. The number of aliphatic carboxylic acids is 2. The number of carbonyl (C=O) groups is 3. The van der Waals surface area contributed by atoms with Crippen LogP contribution in [0, 0.1) is 11.6 Å². The van der Waals surface area contributed by atoms with Gasteiger partial charge in [-0.15, -0.1) is 0 Å². The summed E-state index contributed by atoms with van der Waals surface area (Å²) in [4.78, 5) is 33.5. The molecule has 43 heavy (non-hydrogen) atoms. The van der Waals surface area contributed by atoms with E-state index in [-0.39, 0.29) is 24.2 Å². The van der Waals surface area contributed by atoms with Crippen molar-refractivity contribution < 1.29 is 69.2 Å². The summed E-state index contributed by atoms with van der Waals surface area (Å²) in [6.07, 6.45) is -6.19. The highest BCUT2D eigenvalue weighted by Gasteiger charge is 2.45. The first-order valence-electron chi connectivity index (χ1n) is 12.7. The summed E-state index contributed by atoms with van der Waals surface area (Å²) in [5, 5.41) is 17.7. The zero-order valence-electron chi connectivity index (χ0n) is 23.4. The van der Waals surface area contributed by atoms with Crippen LogP contribution in [0.5, 0.6) is 5.75 Å². The average molecular weight is 640 g/mol. The van der Waals surface area contributed by atoms with E-state index in [1.54, 1.807) is 19.0 Å². The second-order valence-corrected chi connectivity index (χ2v) is 9.78. The summed E-state index contributed by atoms with van der Waals surface area (Å²) in [6.45, 7) is 2.51. The lowest BCUT2D eigenvalue weighted by Gasteiger charge is -2.50. The average Bonchev–Trinajstić information content (AvgIpc) is 2.87. The minimum Gasteiger partial charge on any atom is -0.493 e. The van der Waals surface area contributed by atoms with Crippen molar-refractivity contribution in [1.82, 2.24) is 15.1 Å². The molecular weight excluding hydrogens is 606 g/mol. The topological polar surface area (TPSA) is 129 Å². The van der Waals surface area contributed by atoms with Gasteiger partial charge in [0.05, 0.1) is 25.9 Å². The minimum atomic E-state index is -5.08. The number of alkyl halides is 6. The second-order valence-electron chi connectivity index (χ2n) is 9.78. The molecule has 1 spiro atoms. The lowest BCUT2D eigenvalue weighted by Crippen LogP contribution is -2.63. The van der Waals surface area contributed by atoms with Crippen LogP contribution in [-0.4, -0.2) is 109 Å². The molecule has 1 heterocycles. The number of morpholine rings is 1. The van der Waals surface area contributed by atoms with Crippen LogP contribution in [0.25, 0.3) is 0 Å². The van der Waals surface area contributed by atoms with Crippen LogP contribution in [-0.2, 0) is 25.7 Å². The molecule has 2 unspecified atom stereocenters. The van der Waals surface area contributed by atoms with Crippen LogP contribution in [0.1, 0.15) is 31.2 Å². The van der Waals surface area contributed by atoms with Crippen LogP contribution >= 0.6 is 0 Å². The van der Waals surface area contributed by atoms with Gasteiger partial charge in [-0.1, -0.05) is 12.8 Å². The first-order valence-corrected chi connectivity index (χ1v) is 12.7. The van der Waals surface area contributed by atoms with Crippen LogP contribution in [0.15, 0.2) is 12.1 Å². The fraction of sp³-hybridized carbons (Fsp3) is 0.640. The maximum atomic E-state index is 14.1. The van der Waals surface area contributed by atoms with Crippen LogP contribution in [0.4, 0.5) is 35.1 Å². The number of carboxylic acid groups (broad SMARTS) is 2. The maximum Gasteiger partial charge on any atom is 0.490 e.